The van der Waals surface area contributed by atoms with Gasteiger partial charge in [0.15, 0.2) is 5.65 Å². The SMILES string of the molecule is CC1CCCN(Cc2cc(=O)n3[nH]ccc3n2)c2ccccc21. The van der Waals surface area contributed by atoms with E-state index >= 15 is 0 Å². The first kappa shape index (κ1) is 14.1. The second-order valence-corrected chi connectivity index (χ2v) is 6.27. The Morgan fingerprint density at radius 3 is 3.09 bits per heavy atom. The molecular formula is C18H20N4O. The third kappa shape index (κ3) is 2.52. The zero-order valence-corrected chi connectivity index (χ0v) is 13.2. The summed E-state index contributed by atoms with van der Waals surface area (Å²) in [4.78, 5) is 19.1. The number of H-pyrrole nitrogens is 1. The van der Waals surface area contributed by atoms with Crippen LogP contribution in [0.1, 0.15) is 36.9 Å². The van der Waals surface area contributed by atoms with Crippen molar-refractivity contribution < 1.29 is 0 Å². The molecule has 5 nitrogen and oxygen atoms in total. The summed E-state index contributed by atoms with van der Waals surface area (Å²) in [6.45, 7) is 3.95. The highest BCUT2D eigenvalue weighted by molar-refractivity contribution is 5.56. The van der Waals surface area contributed by atoms with Crippen molar-refractivity contribution in [1.29, 1.82) is 0 Å². The average molecular weight is 308 g/mol. The van der Waals surface area contributed by atoms with E-state index in [1.165, 1.54) is 22.2 Å². The molecule has 1 N–H and O–H groups in total. The summed E-state index contributed by atoms with van der Waals surface area (Å²) in [6.07, 6.45) is 4.08. The Labute approximate surface area is 134 Å². The summed E-state index contributed by atoms with van der Waals surface area (Å²) in [5.41, 5.74) is 4.09. The molecule has 0 bridgehead atoms. The molecule has 1 atom stereocenters. The van der Waals surface area contributed by atoms with Gasteiger partial charge in [0.25, 0.3) is 5.56 Å². The Bertz CT molecular complexity index is 895. The number of para-hydroxylation sites is 1. The summed E-state index contributed by atoms with van der Waals surface area (Å²) in [6, 6.07) is 12.0. The summed E-state index contributed by atoms with van der Waals surface area (Å²) in [5.74, 6) is 0.571. The number of rotatable bonds is 2. The van der Waals surface area contributed by atoms with Crippen LogP contribution in [0.3, 0.4) is 0 Å². The zero-order chi connectivity index (χ0) is 15.8. The van der Waals surface area contributed by atoms with Crippen molar-refractivity contribution in [2.75, 3.05) is 11.4 Å². The van der Waals surface area contributed by atoms with E-state index in [1.807, 2.05) is 6.07 Å². The van der Waals surface area contributed by atoms with Crippen molar-refractivity contribution in [3.05, 3.63) is 64.2 Å². The molecule has 4 rings (SSSR count). The molecule has 118 valence electrons. The molecule has 0 aliphatic carbocycles. The fourth-order valence-electron chi connectivity index (χ4n) is 3.47. The molecule has 2 aromatic heterocycles. The van der Waals surface area contributed by atoms with E-state index in [1.54, 1.807) is 12.3 Å². The van der Waals surface area contributed by atoms with Gasteiger partial charge in [0.2, 0.25) is 0 Å². The van der Waals surface area contributed by atoms with Gasteiger partial charge < -0.3 is 4.90 Å². The second kappa shape index (κ2) is 5.57. The minimum absolute atomic E-state index is 0.0634. The predicted molar refractivity (Wildman–Crippen MR) is 91.0 cm³/mol. The van der Waals surface area contributed by atoms with Gasteiger partial charge >= 0.3 is 0 Å². The minimum Gasteiger partial charge on any atom is -0.365 e. The van der Waals surface area contributed by atoms with Gasteiger partial charge in [-0.2, -0.15) is 0 Å². The maximum atomic E-state index is 12.1. The fourth-order valence-corrected chi connectivity index (χ4v) is 3.47. The molecule has 0 saturated heterocycles. The smallest absolute Gasteiger partial charge is 0.272 e. The lowest BCUT2D eigenvalue weighted by molar-refractivity contribution is 0.644. The van der Waals surface area contributed by atoms with E-state index in [0.29, 0.717) is 18.1 Å². The molecule has 1 unspecified atom stereocenters. The largest absolute Gasteiger partial charge is 0.365 e. The Kier molecular flexibility index (Phi) is 3.41. The number of hydrogen-bond acceptors (Lipinski definition) is 3. The summed E-state index contributed by atoms with van der Waals surface area (Å²) >= 11 is 0. The van der Waals surface area contributed by atoms with Gasteiger partial charge in [-0.15, -0.1) is 0 Å². The van der Waals surface area contributed by atoms with Gasteiger partial charge in [-0.1, -0.05) is 25.1 Å². The maximum Gasteiger partial charge on any atom is 0.272 e. The Morgan fingerprint density at radius 2 is 2.17 bits per heavy atom. The van der Waals surface area contributed by atoms with E-state index in [-0.39, 0.29) is 5.56 Å². The molecule has 1 aromatic carbocycles. The molecule has 1 aliphatic rings. The van der Waals surface area contributed by atoms with Crippen LogP contribution in [0.5, 0.6) is 0 Å². The predicted octanol–water partition coefficient (Wildman–Crippen LogP) is 2.93. The lowest BCUT2D eigenvalue weighted by atomic mass is 9.96. The standard InChI is InChI=1S/C18H20N4O/c1-13-5-4-10-21(16-7-3-2-6-15(13)16)12-14-11-18(23)22-17(20-14)8-9-19-22/h2-3,6-9,11,13,19H,4-5,10,12H2,1H3. The van der Waals surface area contributed by atoms with Crippen molar-refractivity contribution in [3.63, 3.8) is 0 Å². The van der Waals surface area contributed by atoms with Gasteiger partial charge in [0.1, 0.15) is 0 Å². The molecule has 1 aliphatic heterocycles. The van der Waals surface area contributed by atoms with Crippen molar-refractivity contribution in [2.45, 2.75) is 32.2 Å². The van der Waals surface area contributed by atoms with Gasteiger partial charge in [-0.25, -0.2) is 9.50 Å². The van der Waals surface area contributed by atoms with Crippen molar-refractivity contribution in [1.82, 2.24) is 14.6 Å². The zero-order valence-electron chi connectivity index (χ0n) is 13.2. The van der Waals surface area contributed by atoms with Crippen molar-refractivity contribution >= 4 is 11.3 Å². The van der Waals surface area contributed by atoms with Crippen LogP contribution < -0.4 is 10.5 Å². The molecule has 3 heterocycles. The number of hydrogen-bond donors (Lipinski definition) is 1. The number of anilines is 1. The summed E-state index contributed by atoms with van der Waals surface area (Å²) in [7, 11) is 0. The highest BCUT2D eigenvalue weighted by Gasteiger charge is 2.20. The van der Waals surface area contributed by atoms with E-state index in [4.69, 9.17) is 0 Å². The topological polar surface area (TPSA) is 53.4 Å². The molecule has 0 saturated carbocycles. The van der Waals surface area contributed by atoms with Crippen LogP contribution in [0.15, 0.2) is 47.4 Å². The molecule has 3 aromatic rings. The monoisotopic (exact) mass is 308 g/mol. The van der Waals surface area contributed by atoms with Crippen LogP contribution in [0.25, 0.3) is 5.65 Å². The quantitative estimate of drug-likeness (QED) is 0.792. The Hall–Kier alpha value is -2.56. The second-order valence-electron chi connectivity index (χ2n) is 6.27. The lowest BCUT2D eigenvalue weighted by Crippen LogP contribution is -2.26. The molecule has 0 spiro atoms. The van der Waals surface area contributed by atoms with Crippen LogP contribution in [-0.4, -0.2) is 21.1 Å². The van der Waals surface area contributed by atoms with Crippen molar-refractivity contribution in [2.24, 2.45) is 0 Å². The first-order valence-corrected chi connectivity index (χ1v) is 8.12. The van der Waals surface area contributed by atoms with E-state index < -0.39 is 0 Å². The highest BCUT2D eigenvalue weighted by Crippen LogP contribution is 2.34. The molecular weight excluding hydrogens is 288 g/mol. The first-order chi connectivity index (χ1) is 11.2. The number of aromatic amines is 1. The van der Waals surface area contributed by atoms with Gasteiger partial charge in [0, 0.05) is 30.6 Å². The minimum atomic E-state index is -0.0634. The van der Waals surface area contributed by atoms with Crippen LogP contribution in [0.4, 0.5) is 5.69 Å². The third-order valence-corrected chi connectivity index (χ3v) is 4.66. The van der Waals surface area contributed by atoms with Gasteiger partial charge in [-0.05, 0) is 30.4 Å². The molecule has 0 amide bonds. The van der Waals surface area contributed by atoms with Crippen LogP contribution in [0, 0.1) is 0 Å². The normalized spacial score (nSPS) is 18.0. The molecule has 23 heavy (non-hydrogen) atoms. The Morgan fingerprint density at radius 1 is 1.30 bits per heavy atom. The van der Waals surface area contributed by atoms with E-state index in [9.17, 15) is 4.79 Å². The molecule has 5 heteroatoms. The van der Waals surface area contributed by atoms with Gasteiger partial charge in [-0.3, -0.25) is 9.89 Å². The Balaban J connectivity index is 1.72. The van der Waals surface area contributed by atoms with Gasteiger partial charge in [0.05, 0.1) is 12.2 Å². The van der Waals surface area contributed by atoms with E-state index in [0.717, 1.165) is 18.7 Å². The van der Waals surface area contributed by atoms with Crippen LogP contribution in [0.2, 0.25) is 0 Å². The maximum absolute atomic E-state index is 12.1. The lowest BCUT2D eigenvalue weighted by Gasteiger charge is -2.25. The molecule has 0 fully saturated rings. The third-order valence-electron chi connectivity index (χ3n) is 4.66. The average Bonchev–Trinajstić information content (AvgIpc) is 2.97. The van der Waals surface area contributed by atoms with Crippen LogP contribution in [-0.2, 0) is 6.54 Å². The fraction of sp³-hybridized carbons (Fsp3) is 0.333. The first-order valence-electron chi connectivity index (χ1n) is 8.12. The van der Waals surface area contributed by atoms with Crippen molar-refractivity contribution in [3.8, 4) is 0 Å². The summed E-state index contributed by atoms with van der Waals surface area (Å²) in [5, 5.41) is 2.88. The highest BCUT2D eigenvalue weighted by atomic mass is 16.1. The summed E-state index contributed by atoms with van der Waals surface area (Å²) < 4.78 is 1.46. The number of nitrogens with zero attached hydrogens (tertiary/aromatic N) is 3. The number of aromatic nitrogens is 3. The number of nitrogens with one attached hydrogen (secondary N) is 1. The van der Waals surface area contributed by atoms with E-state index in [2.05, 4.69) is 46.2 Å². The van der Waals surface area contributed by atoms with Crippen LogP contribution >= 0.6 is 0 Å². The molecule has 0 radical (unpaired) electrons. The number of benzene rings is 1. The number of fused-ring (bicyclic) bond motifs is 2.